The Labute approximate surface area is 213 Å². The van der Waals surface area contributed by atoms with Gasteiger partial charge in [-0.05, 0) is 82.6 Å². The minimum absolute atomic E-state index is 0.157. The van der Waals surface area contributed by atoms with Crippen LogP contribution in [0.2, 0.25) is 0 Å². The van der Waals surface area contributed by atoms with Crippen molar-refractivity contribution in [1.82, 2.24) is 9.97 Å². The molecule has 2 heterocycles. The Morgan fingerprint density at radius 1 is 0.750 bits per heavy atom. The number of carbonyl (C=O) groups is 1. The van der Waals surface area contributed by atoms with Crippen LogP contribution in [-0.2, 0) is 12.8 Å². The van der Waals surface area contributed by atoms with E-state index in [4.69, 9.17) is 0 Å². The number of thiazole rings is 1. The standard InChI is InChI=1S/C18H16.C13H9N3OS/c1-3-7-15-13(5-1)9-11-18-16-8-4-2-6-14(16)10-12-17(15)18;17-12(16-13-15-6-7-18-13)10-3-4-11-9(8-10)2-1-5-14-11/h1,3,5,7,9-12H,2,4,6,8H2;1-8H,(H,15,16,17). The number of pyridine rings is 1. The molecule has 1 aliphatic carbocycles. The van der Waals surface area contributed by atoms with E-state index in [0.29, 0.717) is 10.7 Å². The number of hydrogen-bond acceptors (Lipinski definition) is 4. The Bertz CT molecular complexity index is 1690. The topological polar surface area (TPSA) is 54.9 Å². The van der Waals surface area contributed by atoms with Crippen LogP contribution in [0.5, 0.6) is 0 Å². The van der Waals surface area contributed by atoms with Gasteiger partial charge >= 0.3 is 0 Å². The van der Waals surface area contributed by atoms with E-state index in [-0.39, 0.29) is 5.91 Å². The zero-order valence-corrected chi connectivity index (χ0v) is 20.6. The zero-order valence-electron chi connectivity index (χ0n) is 19.8. The van der Waals surface area contributed by atoms with Gasteiger partial charge in [0.25, 0.3) is 5.91 Å². The van der Waals surface area contributed by atoms with Gasteiger partial charge < -0.3 is 0 Å². The molecule has 1 amide bonds. The van der Waals surface area contributed by atoms with Crippen LogP contribution in [0.15, 0.2) is 96.6 Å². The molecule has 0 aliphatic heterocycles. The summed E-state index contributed by atoms with van der Waals surface area (Å²) in [7, 11) is 0. The van der Waals surface area contributed by atoms with Gasteiger partial charge in [-0.25, -0.2) is 4.98 Å². The third-order valence-corrected chi connectivity index (χ3v) is 7.46. The number of aryl methyl sites for hydroxylation is 2. The van der Waals surface area contributed by atoms with Crippen molar-refractivity contribution in [1.29, 1.82) is 0 Å². The van der Waals surface area contributed by atoms with E-state index >= 15 is 0 Å². The van der Waals surface area contributed by atoms with Gasteiger partial charge in [0.1, 0.15) is 0 Å². The fourth-order valence-corrected chi connectivity index (χ4v) is 5.54. The van der Waals surface area contributed by atoms with Crippen molar-refractivity contribution >= 4 is 54.8 Å². The van der Waals surface area contributed by atoms with Crippen LogP contribution in [0.4, 0.5) is 5.13 Å². The first-order valence-corrected chi connectivity index (χ1v) is 13.1. The van der Waals surface area contributed by atoms with E-state index < -0.39 is 0 Å². The number of anilines is 1. The quantitative estimate of drug-likeness (QED) is 0.253. The second kappa shape index (κ2) is 9.88. The van der Waals surface area contributed by atoms with Crippen molar-refractivity contribution in [2.45, 2.75) is 25.7 Å². The molecule has 0 unspecified atom stereocenters. The normalized spacial score (nSPS) is 12.7. The summed E-state index contributed by atoms with van der Waals surface area (Å²) in [6.07, 6.45) is 8.61. The fourth-order valence-electron chi connectivity index (χ4n) is 5.01. The van der Waals surface area contributed by atoms with Crippen LogP contribution in [0.25, 0.3) is 32.4 Å². The first-order chi connectivity index (χ1) is 17.8. The van der Waals surface area contributed by atoms with Crippen LogP contribution in [0.1, 0.15) is 34.3 Å². The molecular formula is C31H25N3OS. The number of aromatic nitrogens is 2. The van der Waals surface area contributed by atoms with Crippen molar-refractivity contribution < 1.29 is 4.79 Å². The molecule has 1 N–H and O–H groups in total. The van der Waals surface area contributed by atoms with Crippen LogP contribution >= 0.6 is 11.3 Å². The second-order valence-electron chi connectivity index (χ2n) is 8.99. The lowest BCUT2D eigenvalue weighted by atomic mass is 9.86. The van der Waals surface area contributed by atoms with E-state index in [9.17, 15) is 4.79 Å². The molecule has 0 bridgehead atoms. The predicted molar refractivity (Wildman–Crippen MR) is 150 cm³/mol. The Hall–Kier alpha value is -4.09. The lowest BCUT2D eigenvalue weighted by Crippen LogP contribution is -2.11. The van der Waals surface area contributed by atoms with Crippen molar-refractivity contribution in [3.8, 4) is 0 Å². The molecule has 0 atom stereocenters. The number of benzene rings is 4. The highest BCUT2D eigenvalue weighted by Crippen LogP contribution is 2.33. The van der Waals surface area contributed by atoms with Crippen LogP contribution in [-0.4, -0.2) is 15.9 Å². The molecule has 7 rings (SSSR count). The highest BCUT2D eigenvalue weighted by Gasteiger charge is 2.13. The van der Waals surface area contributed by atoms with Crippen LogP contribution in [0, 0.1) is 0 Å². The zero-order chi connectivity index (χ0) is 24.3. The van der Waals surface area contributed by atoms with Gasteiger partial charge in [-0.2, -0.15) is 0 Å². The largest absolute Gasteiger partial charge is 0.298 e. The molecule has 0 radical (unpaired) electrons. The summed E-state index contributed by atoms with van der Waals surface area (Å²) in [4.78, 5) is 20.2. The van der Waals surface area contributed by atoms with Crippen molar-refractivity contribution in [3.63, 3.8) is 0 Å². The molecule has 1 aliphatic rings. The number of fused-ring (bicyclic) bond motifs is 6. The average molecular weight is 488 g/mol. The molecule has 0 spiro atoms. The van der Waals surface area contributed by atoms with E-state index in [1.807, 2.05) is 29.6 Å². The number of rotatable bonds is 2. The van der Waals surface area contributed by atoms with Crippen molar-refractivity contribution in [3.05, 3.63) is 113 Å². The molecule has 0 fully saturated rings. The van der Waals surface area contributed by atoms with Gasteiger partial charge in [0.05, 0.1) is 5.52 Å². The third kappa shape index (κ3) is 4.45. The number of amides is 1. The second-order valence-corrected chi connectivity index (χ2v) is 9.89. The molecule has 36 heavy (non-hydrogen) atoms. The Balaban J connectivity index is 0.000000133. The molecule has 0 saturated heterocycles. The molecule has 2 aromatic heterocycles. The number of nitrogens with zero attached hydrogens (tertiary/aromatic N) is 2. The SMILES string of the molecule is O=C(Nc1nccs1)c1ccc2ncccc2c1.c1ccc2c(c1)ccc1c3c(ccc12)CCCC3. The van der Waals surface area contributed by atoms with E-state index in [1.54, 1.807) is 29.6 Å². The van der Waals surface area contributed by atoms with Crippen LogP contribution in [0.3, 0.4) is 0 Å². The first kappa shape index (κ1) is 22.4. The highest BCUT2D eigenvalue weighted by molar-refractivity contribution is 7.13. The maximum atomic E-state index is 12.0. The average Bonchev–Trinajstić information content (AvgIpc) is 3.46. The molecule has 4 nitrogen and oxygen atoms in total. The lowest BCUT2D eigenvalue weighted by molar-refractivity contribution is 0.102. The minimum atomic E-state index is -0.157. The highest BCUT2D eigenvalue weighted by atomic mass is 32.1. The van der Waals surface area contributed by atoms with Crippen molar-refractivity contribution in [2.75, 3.05) is 5.32 Å². The molecule has 6 aromatic rings. The summed E-state index contributed by atoms with van der Waals surface area (Å²) in [6, 6.07) is 27.2. The van der Waals surface area contributed by atoms with Crippen molar-refractivity contribution in [2.24, 2.45) is 0 Å². The van der Waals surface area contributed by atoms with E-state index in [0.717, 1.165) is 10.9 Å². The van der Waals surface area contributed by atoms with E-state index in [1.165, 1.54) is 58.6 Å². The maximum absolute atomic E-state index is 12.0. The maximum Gasteiger partial charge on any atom is 0.257 e. The number of hydrogen-bond donors (Lipinski definition) is 1. The van der Waals surface area contributed by atoms with Crippen LogP contribution < -0.4 is 5.32 Å². The third-order valence-electron chi connectivity index (χ3n) is 6.78. The van der Waals surface area contributed by atoms with Gasteiger partial charge in [-0.3, -0.25) is 15.1 Å². The number of carbonyl (C=O) groups excluding carboxylic acids is 1. The van der Waals surface area contributed by atoms with Gasteiger partial charge in [0.15, 0.2) is 5.13 Å². The Morgan fingerprint density at radius 2 is 1.61 bits per heavy atom. The van der Waals surface area contributed by atoms with Gasteiger partial charge in [0, 0.05) is 28.7 Å². The van der Waals surface area contributed by atoms with Gasteiger partial charge in [-0.15, -0.1) is 11.3 Å². The number of nitrogens with one attached hydrogen (secondary N) is 1. The molecule has 0 saturated carbocycles. The van der Waals surface area contributed by atoms with E-state index in [2.05, 4.69) is 63.8 Å². The first-order valence-electron chi connectivity index (χ1n) is 12.2. The summed E-state index contributed by atoms with van der Waals surface area (Å²) >= 11 is 1.39. The minimum Gasteiger partial charge on any atom is -0.298 e. The molecule has 5 heteroatoms. The summed E-state index contributed by atoms with van der Waals surface area (Å²) in [5.74, 6) is -0.157. The lowest BCUT2D eigenvalue weighted by Gasteiger charge is -2.18. The predicted octanol–water partition coefficient (Wildman–Crippen LogP) is 7.82. The summed E-state index contributed by atoms with van der Waals surface area (Å²) in [5.41, 5.74) is 4.66. The smallest absolute Gasteiger partial charge is 0.257 e. The summed E-state index contributed by atoms with van der Waals surface area (Å²) < 4.78 is 0. The summed E-state index contributed by atoms with van der Waals surface area (Å²) in [6.45, 7) is 0. The fraction of sp³-hybridized carbons (Fsp3) is 0.129. The Kier molecular flexibility index (Phi) is 6.14. The monoisotopic (exact) mass is 487 g/mol. The molecule has 176 valence electrons. The summed E-state index contributed by atoms with van der Waals surface area (Å²) in [5, 5.41) is 11.8. The molecular weight excluding hydrogens is 462 g/mol. The Morgan fingerprint density at radius 3 is 2.53 bits per heavy atom. The van der Waals surface area contributed by atoms with Gasteiger partial charge in [-0.1, -0.05) is 54.6 Å². The molecule has 4 aromatic carbocycles. The van der Waals surface area contributed by atoms with Gasteiger partial charge in [0.2, 0.25) is 0 Å².